The smallest absolute Gasteiger partial charge is 0.203 e. The van der Waals surface area contributed by atoms with E-state index in [0.717, 1.165) is 43.2 Å². The van der Waals surface area contributed by atoms with Crippen LogP contribution in [-0.4, -0.2) is 49.9 Å². The summed E-state index contributed by atoms with van der Waals surface area (Å²) in [4.78, 5) is 0. The van der Waals surface area contributed by atoms with Crippen molar-refractivity contribution in [3.63, 3.8) is 0 Å². The van der Waals surface area contributed by atoms with Crippen LogP contribution in [0.3, 0.4) is 0 Å². The number of benzene rings is 1. The molecule has 1 aromatic rings. The summed E-state index contributed by atoms with van der Waals surface area (Å²) in [5.41, 5.74) is 0.688. The Bertz CT molecular complexity index is 704. The van der Waals surface area contributed by atoms with Crippen LogP contribution >= 0.6 is 0 Å². The summed E-state index contributed by atoms with van der Waals surface area (Å²) >= 11 is 0. The average molecular weight is 364 g/mol. The van der Waals surface area contributed by atoms with E-state index in [1.807, 2.05) is 6.07 Å². The van der Waals surface area contributed by atoms with Gasteiger partial charge in [-0.1, -0.05) is 12.8 Å². The number of hydrogen-bond donors (Lipinski definition) is 2. The Hall–Kier alpha value is -1.50. The normalized spacial score (nSPS) is 35.3. The van der Waals surface area contributed by atoms with Gasteiger partial charge in [0, 0.05) is 11.0 Å². The fourth-order valence-corrected chi connectivity index (χ4v) is 5.66. The van der Waals surface area contributed by atoms with Crippen molar-refractivity contribution < 1.29 is 29.2 Å². The highest BCUT2D eigenvalue weighted by Crippen LogP contribution is 2.66. The fourth-order valence-electron chi connectivity index (χ4n) is 5.66. The van der Waals surface area contributed by atoms with Gasteiger partial charge in [0.2, 0.25) is 5.75 Å². The maximum absolute atomic E-state index is 11.6. The maximum atomic E-state index is 11.6. The molecule has 2 fully saturated rings. The summed E-state index contributed by atoms with van der Waals surface area (Å²) < 4.78 is 23.0. The van der Waals surface area contributed by atoms with E-state index in [4.69, 9.17) is 18.9 Å². The van der Waals surface area contributed by atoms with E-state index >= 15 is 0 Å². The van der Waals surface area contributed by atoms with Gasteiger partial charge in [0.1, 0.15) is 11.7 Å². The summed E-state index contributed by atoms with van der Waals surface area (Å²) in [6.45, 7) is -0.172. The lowest BCUT2D eigenvalue weighted by Gasteiger charge is -2.50. The maximum Gasteiger partial charge on any atom is 0.203 e. The molecule has 4 rings (SSSR count). The van der Waals surface area contributed by atoms with Gasteiger partial charge in [-0.25, -0.2) is 0 Å². The third-order valence-corrected chi connectivity index (χ3v) is 6.86. The second-order valence-electron chi connectivity index (χ2n) is 7.69. The molecular formula is C20H28O6. The van der Waals surface area contributed by atoms with Gasteiger partial charge in [-0.3, -0.25) is 0 Å². The molecule has 3 aliphatic rings. The highest BCUT2D eigenvalue weighted by atomic mass is 16.5. The highest BCUT2D eigenvalue weighted by molar-refractivity contribution is 5.61. The van der Waals surface area contributed by atoms with E-state index in [-0.39, 0.29) is 18.1 Å². The Balaban J connectivity index is 1.90. The van der Waals surface area contributed by atoms with Crippen LogP contribution in [0.25, 0.3) is 0 Å². The standard InChI is InChI=1S/C20H28O6/c1-23-14-10-13-12(16(24-2)17(14)25-3)6-9-19-7-4-5-8-20(19,22)15(11-21)26-18(13)19/h10,15,18,21-22H,4-9,11H2,1-3H3/t15-,18+,19?,20+/m0/s1. The molecule has 1 heterocycles. The van der Waals surface area contributed by atoms with E-state index in [1.54, 1.807) is 21.3 Å². The summed E-state index contributed by atoms with van der Waals surface area (Å²) in [5, 5.41) is 21.5. The van der Waals surface area contributed by atoms with Crippen molar-refractivity contribution in [2.75, 3.05) is 27.9 Å². The first-order chi connectivity index (χ1) is 12.6. The minimum absolute atomic E-state index is 0.172. The summed E-state index contributed by atoms with van der Waals surface area (Å²) in [6.07, 6.45) is 4.37. The Morgan fingerprint density at radius 2 is 1.81 bits per heavy atom. The molecule has 1 unspecified atom stereocenters. The molecule has 0 bridgehead atoms. The number of methoxy groups -OCH3 is 3. The predicted octanol–water partition coefficient (Wildman–Crippen LogP) is 2.38. The van der Waals surface area contributed by atoms with Crippen molar-refractivity contribution in [3.8, 4) is 17.2 Å². The summed E-state index contributed by atoms with van der Waals surface area (Å²) in [6, 6.07) is 1.96. The zero-order chi connectivity index (χ0) is 18.5. The van der Waals surface area contributed by atoms with Gasteiger partial charge in [0.05, 0.1) is 34.0 Å². The zero-order valence-corrected chi connectivity index (χ0v) is 15.7. The Morgan fingerprint density at radius 3 is 2.46 bits per heavy atom. The van der Waals surface area contributed by atoms with Crippen molar-refractivity contribution in [1.29, 1.82) is 0 Å². The van der Waals surface area contributed by atoms with Gasteiger partial charge in [-0.2, -0.15) is 0 Å². The van der Waals surface area contributed by atoms with E-state index < -0.39 is 11.7 Å². The largest absolute Gasteiger partial charge is 0.493 e. The van der Waals surface area contributed by atoms with Crippen molar-refractivity contribution in [2.45, 2.75) is 56.3 Å². The Morgan fingerprint density at radius 1 is 1.08 bits per heavy atom. The van der Waals surface area contributed by atoms with Gasteiger partial charge in [-0.05, 0) is 37.3 Å². The van der Waals surface area contributed by atoms with Crippen LogP contribution in [-0.2, 0) is 11.2 Å². The fraction of sp³-hybridized carbons (Fsp3) is 0.700. The number of aliphatic hydroxyl groups is 2. The Kier molecular flexibility index (Phi) is 4.33. The second kappa shape index (κ2) is 6.29. The zero-order valence-electron chi connectivity index (χ0n) is 15.7. The first-order valence-electron chi connectivity index (χ1n) is 9.36. The molecule has 6 nitrogen and oxygen atoms in total. The van der Waals surface area contributed by atoms with Crippen molar-refractivity contribution >= 4 is 0 Å². The quantitative estimate of drug-likeness (QED) is 0.854. The SMILES string of the molecule is COc1cc2c(c(OC)c1OC)CCC13CCCC[C@@]1(O)[C@H](CO)O[C@H]23. The van der Waals surface area contributed by atoms with Crippen LogP contribution in [0.2, 0.25) is 0 Å². The number of hydrogen-bond acceptors (Lipinski definition) is 6. The van der Waals surface area contributed by atoms with Crippen LogP contribution in [0.4, 0.5) is 0 Å². The molecule has 1 saturated heterocycles. The second-order valence-corrected chi connectivity index (χ2v) is 7.69. The van der Waals surface area contributed by atoms with Gasteiger partial charge >= 0.3 is 0 Å². The first-order valence-corrected chi connectivity index (χ1v) is 9.36. The molecule has 0 amide bonds. The predicted molar refractivity (Wildman–Crippen MR) is 95.0 cm³/mol. The number of fused-ring (bicyclic) bond motifs is 2. The summed E-state index contributed by atoms with van der Waals surface area (Å²) in [5.74, 6) is 1.85. The Labute approximate surface area is 154 Å². The third kappa shape index (κ3) is 2.09. The molecule has 1 saturated carbocycles. The molecule has 1 aliphatic heterocycles. The van der Waals surface area contributed by atoms with Crippen molar-refractivity contribution in [2.24, 2.45) is 5.41 Å². The molecular weight excluding hydrogens is 336 g/mol. The molecule has 4 atom stereocenters. The third-order valence-electron chi connectivity index (χ3n) is 6.86. The van der Waals surface area contributed by atoms with Gasteiger partial charge in [0.15, 0.2) is 11.5 Å². The molecule has 6 heteroatoms. The first kappa shape index (κ1) is 17.9. The molecule has 26 heavy (non-hydrogen) atoms. The van der Waals surface area contributed by atoms with Crippen LogP contribution in [0, 0.1) is 5.41 Å². The molecule has 2 aliphatic carbocycles. The van der Waals surface area contributed by atoms with Gasteiger partial charge in [0.25, 0.3) is 0 Å². The van der Waals surface area contributed by atoms with Crippen LogP contribution in [0.15, 0.2) is 6.07 Å². The topological polar surface area (TPSA) is 77.4 Å². The summed E-state index contributed by atoms with van der Waals surface area (Å²) in [7, 11) is 4.83. The highest BCUT2D eigenvalue weighted by Gasteiger charge is 2.67. The van der Waals surface area contributed by atoms with Gasteiger partial charge in [-0.15, -0.1) is 0 Å². The molecule has 144 valence electrons. The molecule has 0 aromatic heterocycles. The lowest BCUT2D eigenvalue weighted by molar-refractivity contribution is -0.124. The van der Waals surface area contributed by atoms with Crippen LogP contribution in [0.5, 0.6) is 17.2 Å². The molecule has 0 radical (unpaired) electrons. The average Bonchev–Trinajstić information content (AvgIpc) is 2.95. The van der Waals surface area contributed by atoms with E-state index in [1.165, 1.54) is 0 Å². The van der Waals surface area contributed by atoms with Crippen LogP contribution < -0.4 is 14.2 Å². The lowest BCUT2D eigenvalue weighted by atomic mass is 9.55. The minimum Gasteiger partial charge on any atom is -0.493 e. The van der Waals surface area contributed by atoms with E-state index in [9.17, 15) is 10.2 Å². The monoisotopic (exact) mass is 364 g/mol. The number of rotatable bonds is 4. The minimum atomic E-state index is -0.983. The van der Waals surface area contributed by atoms with E-state index in [0.29, 0.717) is 23.7 Å². The number of ether oxygens (including phenoxy) is 4. The van der Waals surface area contributed by atoms with Crippen molar-refractivity contribution in [1.82, 2.24) is 0 Å². The van der Waals surface area contributed by atoms with Crippen molar-refractivity contribution in [3.05, 3.63) is 17.2 Å². The molecule has 1 spiro atoms. The lowest BCUT2D eigenvalue weighted by Crippen LogP contribution is -2.55. The molecule has 2 N–H and O–H groups in total. The van der Waals surface area contributed by atoms with E-state index in [2.05, 4.69) is 0 Å². The molecule has 1 aromatic carbocycles. The number of aliphatic hydroxyl groups excluding tert-OH is 1. The van der Waals surface area contributed by atoms with Crippen LogP contribution in [0.1, 0.15) is 49.3 Å². The van der Waals surface area contributed by atoms with Gasteiger partial charge < -0.3 is 29.2 Å².